The summed E-state index contributed by atoms with van der Waals surface area (Å²) >= 11 is 18.1. The van der Waals surface area contributed by atoms with Crippen LogP contribution in [0.5, 0.6) is 0 Å². The lowest BCUT2D eigenvalue weighted by molar-refractivity contribution is -0.384. The van der Waals surface area contributed by atoms with Crippen LogP contribution in [0.2, 0.25) is 15.1 Å². The first kappa shape index (κ1) is 24.4. The van der Waals surface area contributed by atoms with Gasteiger partial charge in [0.25, 0.3) is 5.69 Å². The van der Waals surface area contributed by atoms with Crippen molar-refractivity contribution in [2.75, 3.05) is 18.5 Å². The first-order chi connectivity index (χ1) is 14.0. The van der Waals surface area contributed by atoms with E-state index >= 15 is 0 Å². The number of hydrazone groups is 1. The molecule has 30 heavy (non-hydrogen) atoms. The summed E-state index contributed by atoms with van der Waals surface area (Å²) in [5, 5.41) is 16.3. The van der Waals surface area contributed by atoms with E-state index in [0.717, 1.165) is 6.07 Å². The summed E-state index contributed by atoms with van der Waals surface area (Å²) in [6, 6.07) is 6.76. The van der Waals surface area contributed by atoms with Crippen LogP contribution in [0.15, 0.2) is 40.3 Å². The van der Waals surface area contributed by atoms with E-state index in [9.17, 15) is 18.5 Å². The van der Waals surface area contributed by atoms with Gasteiger partial charge in [-0.25, -0.2) is 8.42 Å². The summed E-state index contributed by atoms with van der Waals surface area (Å²) in [4.78, 5) is 10.7. The van der Waals surface area contributed by atoms with E-state index in [-0.39, 0.29) is 38.7 Å². The zero-order valence-electron chi connectivity index (χ0n) is 16.3. The number of nitrogens with zero attached hydrogens (tertiary/aromatic N) is 3. The topological polar surface area (TPSA) is 105 Å². The lowest BCUT2D eigenvalue weighted by Crippen LogP contribution is -2.30. The largest absolute Gasteiger partial charge is 0.295 e. The number of nitro benzene ring substituents is 1. The van der Waals surface area contributed by atoms with Gasteiger partial charge in [0, 0.05) is 24.7 Å². The van der Waals surface area contributed by atoms with E-state index in [2.05, 4.69) is 10.5 Å². The number of hydrogen-bond acceptors (Lipinski definition) is 6. The molecule has 0 saturated heterocycles. The summed E-state index contributed by atoms with van der Waals surface area (Å²) in [5.41, 5.74) is 3.07. The third kappa shape index (κ3) is 5.04. The third-order valence-electron chi connectivity index (χ3n) is 4.28. The fraction of sp³-hybridized carbons (Fsp3) is 0.278. The van der Waals surface area contributed by atoms with Crippen molar-refractivity contribution in [1.82, 2.24) is 4.31 Å². The van der Waals surface area contributed by atoms with Crippen molar-refractivity contribution < 1.29 is 13.3 Å². The molecule has 0 unspecified atom stereocenters. The first-order valence-electron chi connectivity index (χ1n) is 8.77. The first-order valence-corrected chi connectivity index (χ1v) is 11.3. The number of nitro groups is 1. The molecule has 0 radical (unpaired) electrons. The van der Waals surface area contributed by atoms with Crippen LogP contribution in [-0.2, 0) is 10.0 Å². The average molecular weight is 494 g/mol. The van der Waals surface area contributed by atoms with Crippen molar-refractivity contribution in [2.45, 2.75) is 25.7 Å². The standard InChI is InChI=1S/C18H19Cl3N4O4S/c1-4-24(5-2)30(28,29)12-6-9-15(16(10-12)25(26)27)23-22-11(3)13-7-8-14(19)18(21)17(13)20/h6-10,23H,4-5H2,1-3H3. The molecule has 0 spiro atoms. The second-order valence-electron chi connectivity index (χ2n) is 6.06. The molecule has 0 atom stereocenters. The Morgan fingerprint density at radius 1 is 1.13 bits per heavy atom. The minimum absolute atomic E-state index is 0.0222. The molecule has 0 aromatic heterocycles. The van der Waals surface area contributed by atoms with E-state index in [1.54, 1.807) is 32.9 Å². The average Bonchev–Trinajstić information content (AvgIpc) is 2.70. The zero-order valence-corrected chi connectivity index (χ0v) is 19.4. The third-order valence-corrected chi connectivity index (χ3v) is 7.62. The van der Waals surface area contributed by atoms with Gasteiger partial charge in [0.1, 0.15) is 5.69 Å². The summed E-state index contributed by atoms with van der Waals surface area (Å²) < 4.78 is 26.5. The Morgan fingerprint density at radius 3 is 2.33 bits per heavy atom. The molecule has 8 nitrogen and oxygen atoms in total. The fourth-order valence-corrected chi connectivity index (χ4v) is 4.79. The van der Waals surface area contributed by atoms with Gasteiger partial charge in [-0.05, 0) is 25.1 Å². The maximum atomic E-state index is 12.6. The van der Waals surface area contributed by atoms with Crippen molar-refractivity contribution in [3.8, 4) is 0 Å². The maximum Gasteiger partial charge on any atom is 0.295 e. The van der Waals surface area contributed by atoms with Crippen LogP contribution in [0.4, 0.5) is 11.4 Å². The molecule has 2 aromatic rings. The molecular weight excluding hydrogens is 475 g/mol. The van der Waals surface area contributed by atoms with Gasteiger partial charge < -0.3 is 0 Å². The fourth-order valence-electron chi connectivity index (χ4n) is 2.64. The van der Waals surface area contributed by atoms with Gasteiger partial charge in [0.15, 0.2) is 0 Å². The summed E-state index contributed by atoms with van der Waals surface area (Å²) in [7, 11) is -3.84. The molecule has 2 rings (SSSR count). The highest BCUT2D eigenvalue weighted by atomic mass is 35.5. The van der Waals surface area contributed by atoms with E-state index in [1.807, 2.05) is 0 Å². The van der Waals surface area contributed by atoms with E-state index in [0.29, 0.717) is 11.3 Å². The quantitative estimate of drug-likeness (QED) is 0.229. The second-order valence-corrected chi connectivity index (χ2v) is 9.16. The number of anilines is 1. The Balaban J connectivity index is 2.43. The highest BCUT2D eigenvalue weighted by molar-refractivity contribution is 7.89. The number of hydrogen-bond donors (Lipinski definition) is 1. The normalized spacial score (nSPS) is 12.3. The molecule has 0 bridgehead atoms. The van der Waals surface area contributed by atoms with Crippen molar-refractivity contribution in [1.29, 1.82) is 0 Å². The van der Waals surface area contributed by atoms with Crippen molar-refractivity contribution >= 4 is 61.9 Å². The molecule has 1 N–H and O–H groups in total. The van der Waals surface area contributed by atoms with Crippen LogP contribution in [0.3, 0.4) is 0 Å². The summed E-state index contributed by atoms with van der Waals surface area (Å²) in [6.07, 6.45) is 0. The molecule has 2 aromatic carbocycles. The van der Waals surface area contributed by atoms with E-state index < -0.39 is 20.6 Å². The predicted octanol–water partition coefficient (Wildman–Crippen LogP) is 5.42. The highest BCUT2D eigenvalue weighted by Gasteiger charge is 2.25. The monoisotopic (exact) mass is 492 g/mol. The van der Waals surface area contributed by atoms with E-state index in [1.165, 1.54) is 16.4 Å². The Morgan fingerprint density at radius 2 is 1.77 bits per heavy atom. The summed E-state index contributed by atoms with van der Waals surface area (Å²) in [5.74, 6) is 0. The number of sulfonamides is 1. The molecular formula is C18H19Cl3N4O4S. The zero-order chi connectivity index (χ0) is 22.6. The van der Waals surface area contributed by atoms with Crippen LogP contribution < -0.4 is 5.43 Å². The SMILES string of the molecule is CCN(CC)S(=O)(=O)c1ccc(NN=C(C)c2ccc(Cl)c(Cl)c2Cl)c([N+](=O)[O-])c1. The van der Waals surface area contributed by atoms with Crippen LogP contribution in [0.25, 0.3) is 0 Å². The lowest BCUT2D eigenvalue weighted by Gasteiger charge is -2.18. The number of nitrogens with one attached hydrogen (secondary N) is 1. The Hall–Kier alpha value is -1.91. The van der Waals surface area contributed by atoms with Crippen LogP contribution in [-0.4, -0.2) is 36.4 Å². The van der Waals surface area contributed by atoms with Crippen LogP contribution >= 0.6 is 34.8 Å². The molecule has 0 aliphatic carbocycles. The van der Waals surface area contributed by atoms with Crippen LogP contribution in [0, 0.1) is 10.1 Å². The molecule has 0 aliphatic rings. The molecule has 0 saturated carbocycles. The molecule has 0 fully saturated rings. The van der Waals surface area contributed by atoms with Gasteiger partial charge in [0.2, 0.25) is 10.0 Å². The van der Waals surface area contributed by atoms with Crippen molar-refractivity contribution in [3.63, 3.8) is 0 Å². The van der Waals surface area contributed by atoms with Crippen molar-refractivity contribution in [2.24, 2.45) is 5.10 Å². The highest BCUT2D eigenvalue weighted by Crippen LogP contribution is 2.33. The molecule has 0 amide bonds. The number of benzene rings is 2. The number of rotatable bonds is 8. The molecule has 162 valence electrons. The van der Waals surface area contributed by atoms with Crippen LogP contribution in [0.1, 0.15) is 26.3 Å². The molecule has 0 heterocycles. The summed E-state index contributed by atoms with van der Waals surface area (Å²) in [6.45, 7) is 5.51. The van der Waals surface area contributed by atoms with Gasteiger partial charge in [-0.15, -0.1) is 0 Å². The second kappa shape index (κ2) is 9.93. The van der Waals surface area contributed by atoms with Gasteiger partial charge in [-0.3, -0.25) is 15.5 Å². The number of halogens is 3. The minimum Gasteiger partial charge on any atom is -0.271 e. The Labute approximate surface area is 189 Å². The van der Waals surface area contributed by atoms with Crippen molar-refractivity contribution in [3.05, 3.63) is 61.1 Å². The predicted molar refractivity (Wildman–Crippen MR) is 121 cm³/mol. The maximum absolute atomic E-state index is 12.6. The Bertz CT molecular complexity index is 1100. The van der Waals surface area contributed by atoms with Gasteiger partial charge in [0.05, 0.1) is 30.6 Å². The van der Waals surface area contributed by atoms with Gasteiger partial charge in [-0.2, -0.15) is 9.41 Å². The molecule has 12 heteroatoms. The van der Waals surface area contributed by atoms with Gasteiger partial charge in [-0.1, -0.05) is 54.7 Å². The van der Waals surface area contributed by atoms with E-state index in [4.69, 9.17) is 34.8 Å². The minimum atomic E-state index is -3.84. The molecule has 0 aliphatic heterocycles. The Kier molecular flexibility index (Phi) is 8.06. The smallest absolute Gasteiger partial charge is 0.271 e. The lowest BCUT2D eigenvalue weighted by atomic mass is 10.1. The van der Waals surface area contributed by atoms with Gasteiger partial charge >= 0.3 is 0 Å².